The molecule has 1 aromatic heterocycles. The highest BCUT2D eigenvalue weighted by Crippen LogP contribution is 2.26. The predicted molar refractivity (Wildman–Crippen MR) is 85.4 cm³/mol. The maximum Gasteiger partial charge on any atom is 0.263 e. The van der Waals surface area contributed by atoms with Gasteiger partial charge in [-0.05, 0) is 24.3 Å². The van der Waals surface area contributed by atoms with Gasteiger partial charge < -0.3 is 10.1 Å². The molecule has 2 aromatic rings. The van der Waals surface area contributed by atoms with Crippen LogP contribution in [0.5, 0.6) is 5.75 Å². The Morgan fingerprint density at radius 3 is 2.71 bits per heavy atom. The topological polar surface area (TPSA) is 68.3 Å². The van der Waals surface area contributed by atoms with Crippen molar-refractivity contribution in [2.75, 3.05) is 25.7 Å². The Balaban J connectivity index is 2.03. The highest BCUT2D eigenvalue weighted by molar-refractivity contribution is 7.84. The molecule has 1 aromatic carbocycles. The van der Waals surface area contributed by atoms with Gasteiger partial charge in [-0.1, -0.05) is 0 Å². The Morgan fingerprint density at radius 1 is 1.38 bits per heavy atom. The first kappa shape index (κ1) is 15.7. The summed E-state index contributed by atoms with van der Waals surface area (Å²) in [6.45, 7) is 0.401. The van der Waals surface area contributed by atoms with Gasteiger partial charge in [-0.15, -0.1) is 11.3 Å². The number of hydrogen-bond acceptors (Lipinski definition) is 5. The lowest BCUT2D eigenvalue weighted by molar-refractivity contribution is 0.0960. The van der Waals surface area contributed by atoms with Gasteiger partial charge in [0.2, 0.25) is 0 Å². The third-order valence-electron chi connectivity index (χ3n) is 2.74. The first-order valence-corrected chi connectivity index (χ1v) is 8.83. The number of hydrogen-bond donors (Lipinski definition) is 1. The molecular formula is C14H16N2O3S2. The molecule has 7 heteroatoms. The lowest BCUT2D eigenvalue weighted by Crippen LogP contribution is -2.26. The molecule has 0 aliphatic rings. The summed E-state index contributed by atoms with van der Waals surface area (Å²) in [4.78, 5) is 16.7. The smallest absolute Gasteiger partial charge is 0.263 e. The van der Waals surface area contributed by atoms with Crippen LogP contribution in [0, 0.1) is 0 Å². The van der Waals surface area contributed by atoms with Crippen molar-refractivity contribution < 1.29 is 13.7 Å². The number of carbonyl (C=O) groups is 1. The van der Waals surface area contributed by atoms with Crippen LogP contribution < -0.4 is 10.1 Å². The number of methoxy groups -OCH3 is 1. The summed E-state index contributed by atoms with van der Waals surface area (Å²) in [5, 5.41) is 3.51. The second kappa shape index (κ2) is 7.33. The van der Waals surface area contributed by atoms with E-state index in [1.54, 1.807) is 19.6 Å². The van der Waals surface area contributed by atoms with Crippen LogP contribution >= 0.6 is 11.3 Å². The van der Waals surface area contributed by atoms with Gasteiger partial charge in [0.25, 0.3) is 5.91 Å². The zero-order valence-corrected chi connectivity index (χ0v) is 13.4. The number of ether oxygens (including phenoxy) is 1. The van der Waals surface area contributed by atoms with Crippen LogP contribution in [0.3, 0.4) is 0 Å². The number of carbonyl (C=O) groups excluding carboxylic acids is 1. The van der Waals surface area contributed by atoms with Crippen molar-refractivity contribution in [1.29, 1.82) is 0 Å². The van der Waals surface area contributed by atoms with Crippen LogP contribution in [0.25, 0.3) is 10.6 Å². The van der Waals surface area contributed by atoms with E-state index in [9.17, 15) is 9.00 Å². The van der Waals surface area contributed by atoms with Crippen LogP contribution in [0.1, 0.15) is 9.67 Å². The highest BCUT2D eigenvalue weighted by atomic mass is 32.2. The molecule has 0 radical (unpaired) electrons. The Kier molecular flexibility index (Phi) is 5.46. The van der Waals surface area contributed by atoms with Gasteiger partial charge in [0.05, 0.1) is 13.3 Å². The van der Waals surface area contributed by atoms with E-state index in [1.807, 2.05) is 24.3 Å². The predicted octanol–water partition coefficient (Wildman–Crippen LogP) is 1.93. The van der Waals surface area contributed by atoms with E-state index in [0.717, 1.165) is 16.3 Å². The van der Waals surface area contributed by atoms with Crippen molar-refractivity contribution in [2.45, 2.75) is 0 Å². The van der Waals surface area contributed by atoms with Gasteiger partial charge >= 0.3 is 0 Å². The second-order valence-corrected chi connectivity index (χ2v) is 6.88. The van der Waals surface area contributed by atoms with Crippen molar-refractivity contribution in [3.63, 3.8) is 0 Å². The standard InChI is InChI=1S/C14H16N2O3S2/c1-19-11-5-3-10(4-6-11)14-16-9-12(20-14)13(17)15-7-8-21(2)18/h3-6,9H,7-8H2,1-2H3,(H,15,17)/t21-/m0/s1. The Morgan fingerprint density at radius 2 is 2.10 bits per heavy atom. The average Bonchev–Trinajstić information content (AvgIpc) is 2.97. The molecule has 5 nitrogen and oxygen atoms in total. The van der Waals surface area contributed by atoms with E-state index in [-0.39, 0.29) is 5.91 Å². The quantitative estimate of drug-likeness (QED) is 0.881. The number of rotatable bonds is 6. The third-order valence-corrected chi connectivity index (χ3v) is 4.57. The normalized spacial score (nSPS) is 11.9. The molecule has 1 atom stereocenters. The molecule has 0 spiro atoms. The fraction of sp³-hybridized carbons (Fsp3) is 0.286. The molecule has 21 heavy (non-hydrogen) atoms. The van der Waals surface area contributed by atoms with Crippen molar-refractivity contribution in [2.24, 2.45) is 0 Å². The van der Waals surface area contributed by atoms with Crippen molar-refractivity contribution in [1.82, 2.24) is 10.3 Å². The molecule has 0 saturated heterocycles. The number of nitrogens with one attached hydrogen (secondary N) is 1. The third kappa shape index (κ3) is 4.37. The molecule has 0 bridgehead atoms. The van der Waals surface area contributed by atoms with E-state index in [0.29, 0.717) is 17.2 Å². The molecular weight excluding hydrogens is 308 g/mol. The number of aromatic nitrogens is 1. The van der Waals surface area contributed by atoms with Crippen LogP contribution in [-0.4, -0.2) is 40.8 Å². The van der Waals surface area contributed by atoms with E-state index >= 15 is 0 Å². The minimum Gasteiger partial charge on any atom is -0.497 e. The van der Waals surface area contributed by atoms with Crippen molar-refractivity contribution >= 4 is 28.0 Å². The zero-order valence-electron chi connectivity index (χ0n) is 11.8. The Labute approximate surface area is 129 Å². The molecule has 1 amide bonds. The van der Waals surface area contributed by atoms with E-state index in [4.69, 9.17) is 4.74 Å². The molecule has 112 valence electrons. The van der Waals surface area contributed by atoms with Crippen molar-refractivity contribution in [3.8, 4) is 16.3 Å². The minimum atomic E-state index is -0.905. The molecule has 1 N–H and O–H groups in total. The van der Waals surface area contributed by atoms with Crippen LogP contribution in [-0.2, 0) is 10.8 Å². The van der Waals surface area contributed by atoms with E-state index in [2.05, 4.69) is 10.3 Å². The number of thiazole rings is 1. The fourth-order valence-electron chi connectivity index (χ4n) is 1.64. The van der Waals surface area contributed by atoms with E-state index < -0.39 is 10.8 Å². The molecule has 0 aliphatic carbocycles. The lowest BCUT2D eigenvalue weighted by atomic mass is 10.2. The van der Waals surface area contributed by atoms with Crippen LogP contribution in [0.2, 0.25) is 0 Å². The first-order chi connectivity index (χ1) is 10.1. The maximum absolute atomic E-state index is 11.9. The molecule has 0 saturated carbocycles. The summed E-state index contributed by atoms with van der Waals surface area (Å²) >= 11 is 1.33. The lowest BCUT2D eigenvalue weighted by Gasteiger charge is -2.01. The van der Waals surface area contributed by atoms with Gasteiger partial charge in [-0.25, -0.2) is 4.98 Å². The van der Waals surface area contributed by atoms with Gasteiger partial charge in [0.15, 0.2) is 0 Å². The number of amides is 1. The van der Waals surface area contributed by atoms with Gasteiger partial charge in [-0.2, -0.15) is 0 Å². The van der Waals surface area contributed by atoms with Gasteiger partial charge in [0.1, 0.15) is 15.6 Å². The SMILES string of the molecule is COc1ccc(-c2ncc(C(=O)NCC[S@](C)=O)s2)cc1. The number of nitrogens with zero attached hydrogens (tertiary/aromatic N) is 1. The van der Waals surface area contributed by atoms with Crippen molar-refractivity contribution in [3.05, 3.63) is 35.3 Å². The van der Waals surface area contributed by atoms with Crippen LogP contribution in [0.4, 0.5) is 0 Å². The summed E-state index contributed by atoms with van der Waals surface area (Å²) in [6, 6.07) is 7.51. The van der Waals surface area contributed by atoms with Crippen LogP contribution in [0.15, 0.2) is 30.5 Å². The van der Waals surface area contributed by atoms with Gasteiger partial charge in [-0.3, -0.25) is 9.00 Å². The maximum atomic E-state index is 11.9. The largest absolute Gasteiger partial charge is 0.497 e. The molecule has 2 rings (SSSR count). The molecule has 0 unspecified atom stereocenters. The summed E-state index contributed by atoms with van der Waals surface area (Å²) in [5.41, 5.74) is 0.939. The Bertz CT molecular complexity index is 638. The zero-order chi connectivity index (χ0) is 15.2. The minimum absolute atomic E-state index is 0.183. The van der Waals surface area contributed by atoms with E-state index in [1.165, 1.54) is 11.3 Å². The highest BCUT2D eigenvalue weighted by Gasteiger charge is 2.11. The summed E-state index contributed by atoms with van der Waals surface area (Å²) < 4.78 is 16.0. The summed E-state index contributed by atoms with van der Waals surface area (Å²) in [6.07, 6.45) is 3.17. The average molecular weight is 324 g/mol. The monoisotopic (exact) mass is 324 g/mol. The fourth-order valence-corrected chi connectivity index (χ4v) is 2.87. The number of benzene rings is 1. The van der Waals surface area contributed by atoms with Gasteiger partial charge in [0, 0.05) is 34.9 Å². The molecule has 0 aliphatic heterocycles. The first-order valence-electron chi connectivity index (χ1n) is 6.28. The molecule has 1 heterocycles. The Hall–Kier alpha value is -1.73. The summed E-state index contributed by atoms with van der Waals surface area (Å²) in [7, 11) is 0.710. The molecule has 0 fully saturated rings. The summed E-state index contributed by atoms with van der Waals surface area (Å²) in [5.74, 6) is 1.05. The second-order valence-electron chi connectivity index (χ2n) is 4.29.